The van der Waals surface area contributed by atoms with Gasteiger partial charge < -0.3 is 14.4 Å². The van der Waals surface area contributed by atoms with E-state index in [-0.39, 0.29) is 5.91 Å². The molecule has 1 amide bonds. The highest BCUT2D eigenvalue weighted by Crippen LogP contribution is 2.33. The molecule has 0 N–H and O–H groups in total. The third-order valence-corrected chi connectivity index (χ3v) is 2.89. The molecule has 0 aliphatic carbocycles. The van der Waals surface area contributed by atoms with Gasteiger partial charge in [0.1, 0.15) is 0 Å². The molecule has 1 aromatic carbocycles. The number of carbonyl (C=O) groups excluding carboxylic acids is 2. The Kier molecular flexibility index (Phi) is 6.31. The Hall–Kier alpha value is -1.75. The van der Waals surface area contributed by atoms with E-state index in [1.54, 1.807) is 20.2 Å². The molecule has 6 heteroatoms. The van der Waals surface area contributed by atoms with Crippen molar-refractivity contribution in [3.05, 3.63) is 22.7 Å². The van der Waals surface area contributed by atoms with Crippen molar-refractivity contribution in [3.63, 3.8) is 0 Å². The molecule has 0 unspecified atom stereocenters. The zero-order valence-electron chi connectivity index (χ0n) is 11.8. The summed E-state index contributed by atoms with van der Waals surface area (Å²) < 4.78 is 10.7. The lowest BCUT2D eigenvalue weighted by Gasteiger charge is -2.14. The Morgan fingerprint density at radius 2 is 2.10 bits per heavy atom. The highest BCUT2D eigenvalue weighted by molar-refractivity contribution is 6.31. The van der Waals surface area contributed by atoms with E-state index >= 15 is 0 Å². The van der Waals surface area contributed by atoms with E-state index in [1.807, 2.05) is 0 Å². The topological polar surface area (TPSA) is 55.8 Å². The molecule has 0 aliphatic rings. The van der Waals surface area contributed by atoms with Gasteiger partial charge in [-0.05, 0) is 12.5 Å². The predicted octanol–water partition coefficient (Wildman–Crippen LogP) is 2.41. The smallest absolute Gasteiger partial charge is 0.222 e. The van der Waals surface area contributed by atoms with Gasteiger partial charge in [-0.1, -0.05) is 11.6 Å². The quantitative estimate of drug-likeness (QED) is 0.573. The van der Waals surface area contributed by atoms with Gasteiger partial charge >= 0.3 is 0 Å². The minimum absolute atomic E-state index is 0.0345. The Morgan fingerprint density at radius 1 is 1.40 bits per heavy atom. The summed E-state index contributed by atoms with van der Waals surface area (Å²) in [6.07, 6.45) is 1.61. The number of aldehydes is 1. The van der Waals surface area contributed by atoms with Crippen molar-refractivity contribution in [2.45, 2.75) is 12.8 Å². The van der Waals surface area contributed by atoms with Gasteiger partial charge in [-0.3, -0.25) is 9.59 Å². The minimum atomic E-state index is 0.0345. The van der Waals surface area contributed by atoms with E-state index in [2.05, 4.69) is 0 Å². The number of benzene rings is 1. The fourth-order valence-electron chi connectivity index (χ4n) is 1.60. The van der Waals surface area contributed by atoms with Crippen LogP contribution in [0.3, 0.4) is 0 Å². The van der Waals surface area contributed by atoms with Crippen molar-refractivity contribution in [2.24, 2.45) is 0 Å². The van der Waals surface area contributed by atoms with Crippen LogP contribution in [0.1, 0.15) is 23.2 Å². The molecule has 0 fully saturated rings. The van der Waals surface area contributed by atoms with Crippen LogP contribution in [0.15, 0.2) is 12.1 Å². The summed E-state index contributed by atoms with van der Waals surface area (Å²) in [6, 6.07) is 3.09. The molecule has 1 rings (SSSR count). The second-order valence-corrected chi connectivity index (χ2v) is 4.82. The van der Waals surface area contributed by atoms with Gasteiger partial charge in [-0.15, -0.1) is 0 Å². The number of rotatable bonds is 7. The summed E-state index contributed by atoms with van der Waals surface area (Å²) in [5.41, 5.74) is 0.327. The van der Waals surface area contributed by atoms with Crippen LogP contribution in [0.2, 0.25) is 5.02 Å². The SMILES string of the molecule is COc1cc(Cl)cc(C=O)c1OCCCC(=O)N(C)C. The monoisotopic (exact) mass is 299 g/mol. The number of carbonyl (C=O) groups is 2. The first-order valence-electron chi connectivity index (χ1n) is 6.15. The molecule has 0 bridgehead atoms. The normalized spacial score (nSPS) is 10.0. The number of halogens is 1. The Morgan fingerprint density at radius 3 is 2.65 bits per heavy atom. The zero-order chi connectivity index (χ0) is 15.1. The fourth-order valence-corrected chi connectivity index (χ4v) is 1.82. The second kappa shape index (κ2) is 7.75. The number of hydrogen-bond donors (Lipinski definition) is 0. The molecule has 0 saturated heterocycles. The van der Waals surface area contributed by atoms with E-state index in [4.69, 9.17) is 21.1 Å². The summed E-state index contributed by atoms with van der Waals surface area (Å²) in [7, 11) is 4.88. The first-order chi connectivity index (χ1) is 9.49. The molecule has 0 aliphatic heterocycles. The Labute approximate surface area is 123 Å². The van der Waals surface area contributed by atoms with Gasteiger partial charge in [-0.2, -0.15) is 0 Å². The maximum Gasteiger partial charge on any atom is 0.222 e. The summed E-state index contributed by atoms with van der Waals surface area (Å²) in [5, 5.41) is 0.402. The van der Waals surface area contributed by atoms with Crippen molar-refractivity contribution >= 4 is 23.8 Å². The van der Waals surface area contributed by atoms with E-state index in [1.165, 1.54) is 18.1 Å². The van der Waals surface area contributed by atoms with Crippen molar-refractivity contribution in [1.82, 2.24) is 4.90 Å². The number of hydrogen-bond acceptors (Lipinski definition) is 4. The van der Waals surface area contributed by atoms with E-state index in [0.29, 0.717) is 47.8 Å². The maximum absolute atomic E-state index is 11.4. The van der Waals surface area contributed by atoms with Crippen LogP contribution in [0, 0.1) is 0 Å². The van der Waals surface area contributed by atoms with Gasteiger partial charge in [0.25, 0.3) is 0 Å². The molecule has 0 spiro atoms. The summed E-state index contributed by atoms with van der Waals surface area (Å²) in [5.74, 6) is 0.787. The molecule has 5 nitrogen and oxygen atoms in total. The largest absolute Gasteiger partial charge is 0.493 e. The lowest BCUT2D eigenvalue weighted by molar-refractivity contribution is -0.128. The van der Waals surface area contributed by atoms with Crippen molar-refractivity contribution in [2.75, 3.05) is 27.8 Å². The maximum atomic E-state index is 11.4. The van der Waals surface area contributed by atoms with Crippen LogP contribution in [-0.4, -0.2) is 44.9 Å². The first-order valence-corrected chi connectivity index (χ1v) is 6.53. The molecule has 0 atom stereocenters. The highest BCUT2D eigenvalue weighted by Gasteiger charge is 2.13. The van der Waals surface area contributed by atoms with Gasteiger partial charge in [0.2, 0.25) is 5.91 Å². The standard InChI is InChI=1S/C14H18ClNO4/c1-16(2)13(18)5-4-6-20-14-10(9-17)7-11(15)8-12(14)19-3/h7-9H,4-6H2,1-3H3. The molecule has 1 aromatic rings. The van der Waals surface area contributed by atoms with Gasteiger partial charge in [-0.25, -0.2) is 0 Å². The highest BCUT2D eigenvalue weighted by atomic mass is 35.5. The summed E-state index contributed by atoms with van der Waals surface area (Å²) in [6.45, 7) is 0.318. The third kappa shape index (κ3) is 4.42. The number of nitrogens with zero attached hydrogens (tertiary/aromatic N) is 1. The van der Waals surface area contributed by atoms with Crippen LogP contribution in [0.5, 0.6) is 11.5 Å². The molecule has 110 valence electrons. The third-order valence-electron chi connectivity index (χ3n) is 2.68. The van der Waals surface area contributed by atoms with Crippen LogP contribution in [0.4, 0.5) is 0 Å². The van der Waals surface area contributed by atoms with Crippen LogP contribution >= 0.6 is 11.6 Å². The lowest BCUT2D eigenvalue weighted by atomic mass is 10.2. The van der Waals surface area contributed by atoms with E-state index in [9.17, 15) is 9.59 Å². The minimum Gasteiger partial charge on any atom is -0.493 e. The van der Waals surface area contributed by atoms with E-state index < -0.39 is 0 Å². The van der Waals surface area contributed by atoms with Gasteiger partial charge in [0.15, 0.2) is 17.8 Å². The van der Waals surface area contributed by atoms with Crippen molar-refractivity contribution in [1.29, 1.82) is 0 Å². The molecule has 20 heavy (non-hydrogen) atoms. The Balaban J connectivity index is 2.67. The van der Waals surface area contributed by atoms with Crippen molar-refractivity contribution < 1.29 is 19.1 Å². The molecule has 0 heterocycles. The first kappa shape index (κ1) is 16.3. The average Bonchev–Trinajstić information content (AvgIpc) is 2.43. The fraction of sp³-hybridized carbons (Fsp3) is 0.429. The lowest BCUT2D eigenvalue weighted by Crippen LogP contribution is -2.21. The average molecular weight is 300 g/mol. The van der Waals surface area contributed by atoms with Crippen LogP contribution < -0.4 is 9.47 Å². The number of amides is 1. The van der Waals surface area contributed by atoms with Gasteiger partial charge in [0, 0.05) is 31.6 Å². The summed E-state index contributed by atoms with van der Waals surface area (Å²) in [4.78, 5) is 24.0. The number of methoxy groups -OCH3 is 1. The number of ether oxygens (including phenoxy) is 2. The van der Waals surface area contributed by atoms with E-state index in [0.717, 1.165) is 0 Å². The second-order valence-electron chi connectivity index (χ2n) is 4.38. The molecule has 0 saturated carbocycles. The Bertz CT molecular complexity index is 488. The zero-order valence-corrected chi connectivity index (χ0v) is 12.6. The molecule has 0 aromatic heterocycles. The van der Waals surface area contributed by atoms with Crippen LogP contribution in [0.25, 0.3) is 0 Å². The van der Waals surface area contributed by atoms with Crippen LogP contribution in [-0.2, 0) is 4.79 Å². The molecule has 0 radical (unpaired) electrons. The van der Waals surface area contributed by atoms with Gasteiger partial charge in [0.05, 0.1) is 19.3 Å². The molecular formula is C14H18ClNO4. The van der Waals surface area contributed by atoms with Crippen molar-refractivity contribution in [3.8, 4) is 11.5 Å². The predicted molar refractivity (Wildman–Crippen MR) is 76.8 cm³/mol. The molecular weight excluding hydrogens is 282 g/mol. The summed E-state index contributed by atoms with van der Waals surface area (Å²) >= 11 is 5.87.